The minimum atomic E-state index is -2.47. The molecule has 4 rings (SSSR count). The average molecular weight is 392 g/mol. The number of nitrogens with zero attached hydrogens (tertiary/aromatic N) is 2. The van der Waals surface area contributed by atoms with Crippen molar-refractivity contribution in [3.8, 4) is 5.75 Å². The van der Waals surface area contributed by atoms with E-state index in [2.05, 4.69) is 15.3 Å². The molecular formula is C19H16ClF2N3O2. The molecule has 27 heavy (non-hydrogen) atoms. The Morgan fingerprint density at radius 2 is 2.04 bits per heavy atom. The van der Waals surface area contributed by atoms with Gasteiger partial charge >= 0.3 is 0 Å². The number of rotatable bonds is 6. The summed E-state index contributed by atoms with van der Waals surface area (Å²) >= 11 is 5.80. The lowest BCUT2D eigenvalue weighted by Crippen LogP contribution is -2.52. The molecule has 3 heterocycles. The van der Waals surface area contributed by atoms with Gasteiger partial charge in [0.15, 0.2) is 0 Å². The second-order valence-electron chi connectivity index (χ2n) is 6.48. The highest BCUT2D eigenvalue weighted by atomic mass is 35.5. The first kappa shape index (κ1) is 17.9. The fourth-order valence-electron chi connectivity index (χ4n) is 2.80. The zero-order chi connectivity index (χ0) is 18.9. The van der Waals surface area contributed by atoms with Crippen LogP contribution in [0.25, 0.3) is 10.8 Å². The predicted molar refractivity (Wildman–Crippen MR) is 99.0 cm³/mol. The smallest absolute Gasteiger partial charge is 0.251 e. The van der Waals surface area contributed by atoms with Gasteiger partial charge in [0.05, 0.1) is 25.1 Å². The second-order valence-corrected chi connectivity index (χ2v) is 6.87. The van der Waals surface area contributed by atoms with Crippen LogP contribution in [0.1, 0.15) is 0 Å². The molecule has 0 amide bonds. The van der Waals surface area contributed by atoms with Crippen LogP contribution in [-0.4, -0.2) is 36.2 Å². The molecule has 1 saturated heterocycles. The summed E-state index contributed by atoms with van der Waals surface area (Å²) in [6.45, 7) is -0.0421. The van der Waals surface area contributed by atoms with Crippen LogP contribution in [0, 0.1) is 5.41 Å². The van der Waals surface area contributed by atoms with Crippen molar-refractivity contribution >= 4 is 33.9 Å². The number of ether oxygens (including phenoxy) is 2. The fraction of sp³-hybridized carbons (Fsp3) is 0.263. The lowest BCUT2D eigenvalue weighted by atomic mass is 9.87. The first-order valence-corrected chi connectivity index (χ1v) is 8.70. The van der Waals surface area contributed by atoms with Crippen molar-refractivity contribution in [3.05, 3.63) is 53.9 Å². The highest BCUT2D eigenvalue weighted by molar-refractivity contribution is 6.29. The highest BCUT2D eigenvalue weighted by Crippen LogP contribution is 2.36. The fourth-order valence-corrected chi connectivity index (χ4v) is 2.91. The zero-order valence-electron chi connectivity index (χ0n) is 14.2. The van der Waals surface area contributed by atoms with Crippen molar-refractivity contribution < 1.29 is 18.3 Å². The standard InChI is InChI=1S/C19H16ClF2N3O2/c20-16-4-1-13(8-24-16)25-17-15-3-2-14(7-12(15)5-6-23-17)27-11-19(18(21)22)9-26-10-19/h1-8,18H,9-11H2,(H,23,25). The topological polar surface area (TPSA) is 56.3 Å². The molecule has 0 bridgehead atoms. The molecule has 0 saturated carbocycles. The van der Waals surface area contributed by atoms with E-state index in [4.69, 9.17) is 21.1 Å². The largest absolute Gasteiger partial charge is 0.493 e. The van der Waals surface area contributed by atoms with Crippen molar-refractivity contribution in [2.24, 2.45) is 5.41 Å². The Labute approximate surface area is 159 Å². The number of halogens is 3. The number of alkyl halides is 2. The minimum absolute atomic E-state index is 0.0192. The van der Waals surface area contributed by atoms with Crippen molar-refractivity contribution in [1.29, 1.82) is 0 Å². The number of pyridine rings is 2. The third-order valence-electron chi connectivity index (χ3n) is 4.49. The lowest BCUT2D eigenvalue weighted by molar-refractivity contribution is -0.199. The quantitative estimate of drug-likeness (QED) is 0.618. The predicted octanol–water partition coefficient (Wildman–Crippen LogP) is 4.69. The zero-order valence-corrected chi connectivity index (χ0v) is 14.9. The van der Waals surface area contributed by atoms with Crippen LogP contribution in [0.4, 0.5) is 20.3 Å². The van der Waals surface area contributed by atoms with Crippen LogP contribution < -0.4 is 10.1 Å². The van der Waals surface area contributed by atoms with Gasteiger partial charge in [-0.25, -0.2) is 18.7 Å². The molecule has 0 spiro atoms. The Morgan fingerprint density at radius 3 is 2.70 bits per heavy atom. The van der Waals surface area contributed by atoms with Crippen molar-refractivity contribution in [2.45, 2.75) is 6.43 Å². The Morgan fingerprint density at radius 1 is 1.19 bits per heavy atom. The van der Waals surface area contributed by atoms with Gasteiger partial charge < -0.3 is 14.8 Å². The first-order valence-electron chi connectivity index (χ1n) is 8.32. The number of hydrogen-bond acceptors (Lipinski definition) is 5. The van der Waals surface area contributed by atoms with E-state index in [0.29, 0.717) is 16.7 Å². The molecule has 0 unspecified atom stereocenters. The summed E-state index contributed by atoms with van der Waals surface area (Å²) in [7, 11) is 0. The van der Waals surface area contributed by atoms with Crippen LogP contribution in [0.2, 0.25) is 5.15 Å². The van der Waals surface area contributed by atoms with Crippen LogP contribution in [0.5, 0.6) is 5.75 Å². The SMILES string of the molecule is FC(F)C1(COc2ccc3c(Nc4ccc(Cl)nc4)nccc3c2)COC1. The van der Waals surface area contributed by atoms with Gasteiger partial charge in [-0.15, -0.1) is 0 Å². The van der Waals surface area contributed by atoms with E-state index in [1.165, 1.54) is 0 Å². The molecule has 2 aromatic heterocycles. The number of hydrogen-bond donors (Lipinski definition) is 1. The monoisotopic (exact) mass is 391 g/mol. The number of nitrogens with one attached hydrogen (secondary N) is 1. The number of fused-ring (bicyclic) bond motifs is 1. The second kappa shape index (κ2) is 7.25. The summed E-state index contributed by atoms with van der Waals surface area (Å²) in [5, 5.41) is 5.35. The summed E-state index contributed by atoms with van der Waals surface area (Å²) in [4.78, 5) is 8.38. The number of aromatic nitrogens is 2. The van der Waals surface area contributed by atoms with E-state index in [1.807, 2.05) is 12.1 Å². The van der Waals surface area contributed by atoms with Gasteiger partial charge in [0.25, 0.3) is 6.43 Å². The van der Waals surface area contributed by atoms with Crippen LogP contribution in [-0.2, 0) is 4.74 Å². The molecule has 1 aliphatic heterocycles. The summed E-state index contributed by atoms with van der Waals surface area (Å²) in [5.41, 5.74) is -0.454. The van der Waals surface area contributed by atoms with Crippen molar-refractivity contribution in [1.82, 2.24) is 9.97 Å². The molecule has 3 aromatic rings. The summed E-state index contributed by atoms with van der Waals surface area (Å²) in [6.07, 6.45) is 0.808. The van der Waals surface area contributed by atoms with Gasteiger partial charge in [-0.1, -0.05) is 11.6 Å². The third kappa shape index (κ3) is 3.65. The van der Waals surface area contributed by atoms with Crippen LogP contribution in [0.15, 0.2) is 48.8 Å². The van der Waals surface area contributed by atoms with Gasteiger partial charge in [-0.3, -0.25) is 0 Å². The van der Waals surface area contributed by atoms with Crippen LogP contribution in [0.3, 0.4) is 0 Å². The number of anilines is 2. The molecule has 1 fully saturated rings. The average Bonchev–Trinajstić information content (AvgIpc) is 2.62. The molecule has 1 N–H and O–H groups in total. The number of benzene rings is 1. The van der Waals surface area contributed by atoms with E-state index in [1.54, 1.807) is 36.7 Å². The van der Waals surface area contributed by atoms with Gasteiger partial charge in [-0.2, -0.15) is 0 Å². The molecule has 0 atom stereocenters. The Kier molecular flexibility index (Phi) is 4.80. The Hall–Kier alpha value is -2.51. The Bertz CT molecular complexity index is 949. The van der Waals surface area contributed by atoms with E-state index in [0.717, 1.165) is 16.5 Å². The first-order chi connectivity index (χ1) is 13.1. The van der Waals surface area contributed by atoms with Gasteiger partial charge in [-0.05, 0) is 41.8 Å². The van der Waals surface area contributed by atoms with E-state index in [9.17, 15) is 8.78 Å². The summed E-state index contributed by atoms with van der Waals surface area (Å²) < 4.78 is 36.9. The molecule has 1 aliphatic rings. The maximum Gasteiger partial charge on any atom is 0.251 e. The molecule has 0 aliphatic carbocycles. The Balaban J connectivity index is 1.54. The van der Waals surface area contributed by atoms with E-state index in [-0.39, 0.29) is 19.8 Å². The van der Waals surface area contributed by atoms with Gasteiger partial charge in [0.2, 0.25) is 0 Å². The maximum absolute atomic E-state index is 13.2. The molecule has 0 radical (unpaired) electrons. The maximum atomic E-state index is 13.2. The van der Waals surface area contributed by atoms with Crippen LogP contribution >= 0.6 is 11.6 Å². The van der Waals surface area contributed by atoms with E-state index >= 15 is 0 Å². The molecule has 1 aromatic carbocycles. The van der Waals surface area contributed by atoms with Gasteiger partial charge in [0.1, 0.15) is 28.7 Å². The molecule has 140 valence electrons. The summed E-state index contributed by atoms with van der Waals surface area (Å²) in [5.74, 6) is 1.18. The van der Waals surface area contributed by atoms with E-state index < -0.39 is 11.8 Å². The molecule has 5 nitrogen and oxygen atoms in total. The molecular weight excluding hydrogens is 376 g/mol. The third-order valence-corrected chi connectivity index (χ3v) is 4.72. The minimum Gasteiger partial charge on any atom is -0.493 e. The molecule has 8 heteroatoms. The van der Waals surface area contributed by atoms with Crippen molar-refractivity contribution in [2.75, 3.05) is 25.1 Å². The lowest BCUT2D eigenvalue weighted by Gasteiger charge is -2.39. The van der Waals surface area contributed by atoms with Crippen molar-refractivity contribution in [3.63, 3.8) is 0 Å². The normalized spacial score (nSPS) is 15.6. The van der Waals surface area contributed by atoms with Gasteiger partial charge in [0, 0.05) is 11.6 Å². The highest BCUT2D eigenvalue weighted by Gasteiger charge is 2.48. The summed E-state index contributed by atoms with van der Waals surface area (Å²) in [6, 6.07) is 10.7.